The van der Waals surface area contributed by atoms with E-state index < -0.39 is 42.7 Å². The highest BCUT2D eigenvalue weighted by molar-refractivity contribution is 7.96. The van der Waals surface area contributed by atoms with Crippen molar-refractivity contribution in [1.82, 2.24) is 4.98 Å². The molecule has 0 aliphatic carbocycles. The average Bonchev–Trinajstić information content (AvgIpc) is 3.22. The van der Waals surface area contributed by atoms with E-state index in [9.17, 15) is 13.8 Å². The molecule has 210 valence electrons. The lowest BCUT2D eigenvalue weighted by molar-refractivity contribution is -0.153. The number of carbonyl (C=O) groups excluding carboxylic acids is 2. The Morgan fingerprint density at radius 1 is 1.13 bits per heavy atom. The molecule has 0 fully saturated rings. The summed E-state index contributed by atoms with van der Waals surface area (Å²) in [6.07, 6.45) is 2.00. The van der Waals surface area contributed by atoms with Gasteiger partial charge in [0.15, 0.2) is 5.78 Å². The summed E-state index contributed by atoms with van der Waals surface area (Å²) in [7, 11) is -2.93. The normalized spacial score (nSPS) is 25.9. The number of ketones is 1. The summed E-state index contributed by atoms with van der Waals surface area (Å²) < 4.78 is 39.2. The Balaban J connectivity index is 1.78. The van der Waals surface area contributed by atoms with E-state index in [1.54, 1.807) is 59.9 Å². The van der Waals surface area contributed by atoms with Crippen molar-refractivity contribution in [3.05, 3.63) is 64.2 Å². The number of hydrogen-bond acceptors (Lipinski definition) is 7. The van der Waals surface area contributed by atoms with E-state index in [4.69, 9.17) is 9.73 Å². The minimum absolute atomic E-state index is 0.0324. The molecule has 1 aromatic carbocycles. The van der Waals surface area contributed by atoms with E-state index in [0.717, 1.165) is 11.1 Å². The number of pyridine rings is 1. The van der Waals surface area contributed by atoms with Gasteiger partial charge in [0.2, 0.25) is 0 Å². The number of hydrogen-bond donors (Lipinski definition) is 0. The van der Waals surface area contributed by atoms with Gasteiger partial charge < -0.3 is 4.74 Å². The quantitative estimate of drug-likeness (QED) is 0.337. The second kappa shape index (κ2) is 9.91. The third-order valence-corrected chi connectivity index (χ3v) is 11.4. The van der Waals surface area contributed by atoms with Crippen LogP contribution in [0.25, 0.3) is 0 Å². The number of carbonyl (C=O) groups is 2. The zero-order chi connectivity index (χ0) is 29.0. The molecule has 7 nitrogen and oxygen atoms in total. The average molecular weight is 556 g/mol. The number of aliphatic imine (C=N–C) groups is 1. The molecule has 0 amide bonds. The Kier molecular flexibility index (Phi) is 7.38. The van der Waals surface area contributed by atoms with Gasteiger partial charge in [-0.25, -0.2) is 13.0 Å². The Hall–Kier alpha value is -2.94. The zero-order valence-electron chi connectivity index (χ0n) is 24.1. The van der Waals surface area contributed by atoms with E-state index in [-0.39, 0.29) is 24.2 Å². The van der Waals surface area contributed by atoms with Crippen LogP contribution in [0.5, 0.6) is 0 Å². The maximum absolute atomic E-state index is 15.6. The summed E-state index contributed by atoms with van der Waals surface area (Å²) >= 11 is 0. The van der Waals surface area contributed by atoms with E-state index in [1.807, 2.05) is 19.9 Å². The summed E-state index contributed by atoms with van der Waals surface area (Å²) in [5, 5.41) is -0.552. The standard InChI is InChI=1S/C30H38FN3O4S/c1-18-13-19(2)27(32-17-18)23(35)15-20-9-10-22(31)21(14-20)30(8)25-11-12-33-39(25,37)29(6,7)24(34-30)16-26(36)38-28(3,4)5/h9-10,13-14,17,25H,11-12,15-16H2,1-8H3/t25-,30+,39+/m0/s1. The molecule has 2 aromatic rings. The topological polar surface area (TPSA) is 98.0 Å². The van der Waals surface area contributed by atoms with Crippen molar-refractivity contribution in [2.45, 2.75) is 95.8 Å². The molecule has 3 atom stereocenters. The number of nitrogens with zero attached hydrogens (tertiary/aromatic N) is 3. The molecule has 0 unspecified atom stereocenters. The minimum Gasteiger partial charge on any atom is -0.460 e. The first-order valence-corrected chi connectivity index (χ1v) is 14.8. The maximum Gasteiger partial charge on any atom is 0.312 e. The van der Waals surface area contributed by atoms with Gasteiger partial charge in [-0.15, -0.1) is 0 Å². The molecule has 39 heavy (non-hydrogen) atoms. The van der Waals surface area contributed by atoms with Crippen LogP contribution in [0.2, 0.25) is 0 Å². The number of fused-ring (bicyclic) bond motifs is 1. The summed E-state index contributed by atoms with van der Waals surface area (Å²) in [4.78, 5) is 35.3. The first kappa shape index (κ1) is 29.1. The van der Waals surface area contributed by atoms with Gasteiger partial charge in [0.25, 0.3) is 0 Å². The lowest BCUT2D eigenvalue weighted by Crippen LogP contribution is -2.56. The number of benzene rings is 1. The number of aromatic nitrogens is 1. The van der Waals surface area contributed by atoms with Crippen molar-refractivity contribution in [2.24, 2.45) is 9.36 Å². The highest BCUT2D eigenvalue weighted by atomic mass is 32.2. The molecule has 0 spiro atoms. The molecule has 0 N–H and O–H groups in total. The van der Waals surface area contributed by atoms with Crippen LogP contribution in [0.1, 0.15) is 87.1 Å². The number of aryl methyl sites for hydroxylation is 2. The lowest BCUT2D eigenvalue weighted by atomic mass is 9.84. The lowest BCUT2D eigenvalue weighted by Gasteiger charge is -2.46. The van der Waals surface area contributed by atoms with E-state index >= 15 is 4.39 Å². The fraction of sp³-hybridized carbons (Fsp3) is 0.533. The predicted octanol–water partition coefficient (Wildman–Crippen LogP) is 5.68. The molecular weight excluding hydrogens is 517 g/mol. The molecule has 2 aliphatic rings. The summed E-state index contributed by atoms with van der Waals surface area (Å²) in [5.74, 6) is -1.17. The van der Waals surface area contributed by atoms with Crippen molar-refractivity contribution in [2.75, 3.05) is 6.54 Å². The fourth-order valence-electron chi connectivity index (χ4n) is 5.67. The van der Waals surface area contributed by atoms with Gasteiger partial charge in [-0.2, -0.15) is 0 Å². The second-order valence-corrected chi connectivity index (χ2v) is 15.3. The van der Waals surface area contributed by atoms with Gasteiger partial charge in [-0.1, -0.05) is 12.1 Å². The monoisotopic (exact) mass is 555 g/mol. The molecule has 9 heteroatoms. The molecular formula is C30H38FN3O4S. The largest absolute Gasteiger partial charge is 0.460 e. The number of ether oxygens (including phenoxy) is 1. The van der Waals surface area contributed by atoms with Gasteiger partial charge in [-0.3, -0.25) is 19.6 Å². The van der Waals surface area contributed by atoms with Crippen LogP contribution in [0, 0.1) is 19.7 Å². The van der Waals surface area contributed by atoms with Gasteiger partial charge >= 0.3 is 5.97 Å². The highest BCUT2D eigenvalue weighted by Crippen LogP contribution is 2.49. The second-order valence-electron chi connectivity index (χ2n) is 12.3. The van der Waals surface area contributed by atoms with Crippen molar-refractivity contribution < 1.29 is 22.9 Å². The van der Waals surface area contributed by atoms with Gasteiger partial charge in [0.05, 0.1) is 26.1 Å². The molecule has 0 radical (unpaired) electrons. The predicted molar refractivity (Wildman–Crippen MR) is 151 cm³/mol. The van der Waals surface area contributed by atoms with E-state index in [0.29, 0.717) is 29.9 Å². The summed E-state index contributed by atoms with van der Waals surface area (Å²) in [6.45, 7) is 14.8. The molecule has 2 aliphatic heterocycles. The fourth-order valence-corrected chi connectivity index (χ4v) is 8.94. The van der Waals surface area contributed by atoms with E-state index in [1.165, 1.54) is 6.07 Å². The van der Waals surface area contributed by atoms with Crippen LogP contribution >= 0.6 is 0 Å². The number of rotatable bonds is 6. The smallest absolute Gasteiger partial charge is 0.312 e. The number of esters is 1. The molecule has 0 saturated heterocycles. The van der Waals surface area contributed by atoms with Gasteiger partial charge in [0.1, 0.15) is 22.7 Å². The highest BCUT2D eigenvalue weighted by Gasteiger charge is 2.57. The van der Waals surface area contributed by atoms with Crippen molar-refractivity contribution >= 4 is 27.2 Å². The van der Waals surface area contributed by atoms with Crippen LogP contribution in [-0.2, 0) is 31.2 Å². The number of Topliss-reactive ketones (excluding diaryl/α,β-unsaturated/α-hetero) is 1. The summed E-state index contributed by atoms with van der Waals surface area (Å²) in [6, 6.07) is 6.46. The Morgan fingerprint density at radius 2 is 1.82 bits per heavy atom. The van der Waals surface area contributed by atoms with Crippen LogP contribution in [-0.4, -0.2) is 48.8 Å². The Bertz CT molecular complexity index is 1500. The van der Waals surface area contributed by atoms with Crippen LogP contribution in [0.4, 0.5) is 4.39 Å². The van der Waals surface area contributed by atoms with Crippen molar-refractivity contribution in [1.29, 1.82) is 0 Å². The first-order chi connectivity index (χ1) is 18.0. The molecule has 0 saturated carbocycles. The molecule has 4 rings (SSSR count). The third kappa shape index (κ3) is 5.30. The third-order valence-electron chi connectivity index (χ3n) is 7.63. The molecule has 1 aromatic heterocycles. The van der Waals surface area contributed by atoms with Crippen LogP contribution < -0.4 is 0 Å². The number of halogens is 1. The van der Waals surface area contributed by atoms with Gasteiger partial charge in [-0.05, 0) is 90.6 Å². The maximum atomic E-state index is 15.6. The summed E-state index contributed by atoms with van der Waals surface area (Å²) in [5.41, 5.74) is 1.42. The Morgan fingerprint density at radius 3 is 2.46 bits per heavy atom. The first-order valence-electron chi connectivity index (χ1n) is 13.3. The van der Waals surface area contributed by atoms with E-state index in [2.05, 4.69) is 9.35 Å². The van der Waals surface area contributed by atoms with Crippen LogP contribution in [0.15, 0.2) is 39.8 Å². The molecule has 3 heterocycles. The van der Waals surface area contributed by atoms with Crippen molar-refractivity contribution in [3.8, 4) is 0 Å². The van der Waals surface area contributed by atoms with Crippen LogP contribution in [0.3, 0.4) is 0 Å². The van der Waals surface area contributed by atoms with Gasteiger partial charge in [0, 0.05) is 30.4 Å². The zero-order valence-corrected chi connectivity index (χ0v) is 24.9. The minimum atomic E-state index is -2.93. The SMILES string of the molecule is Cc1cnc(C(=O)Cc2ccc(F)c([C@@]3(C)N=C(CC(=O)OC(C)(C)C)C(C)(C)[S@@]4(=O)=NCC[C@@H]34)c2)c(C)c1. The molecule has 0 bridgehead atoms. The Labute approximate surface area is 230 Å². The van der Waals surface area contributed by atoms with Crippen molar-refractivity contribution in [3.63, 3.8) is 0 Å².